The van der Waals surface area contributed by atoms with E-state index in [-0.39, 0.29) is 6.61 Å². The third kappa shape index (κ3) is 3.70. The molecule has 0 fully saturated rings. The fraction of sp³-hybridized carbons (Fsp3) is 0.417. The van der Waals surface area contributed by atoms with Crippen molar-refractivity contribution in [1.82, 2.24) is 5.32 Å². The average molecular weight is 288 g/mol. The summed E-state index contributed by atoms with van der Waals surface area (Å²) in [7, 11) is 1.43. The first-order chi connectivity index (χ1) is 9.40. The van der Waals surface area contributed by atoms with E-state index in [1.165, 1.54) is 7.11 Å². The minimum Gasteiger partial charge on any atom is -0.383 e. The van der Waals surface area contributed by atoms with Crippen LogP contribution in [0.4, 0.5) is 14.5 Å². The van der Waals surface area contributed by atoms with Gasteiger partial charge in [-0.2, -0.15) is 4.39 Å². The maximum absolute atomic E-state index is 13.8. The van der Waals surface area contributed by atoms with Crippen molar-refractivity contribution in [2.45, 2.75) is 19.4 Å². The lowest BCUT2D eigenvalue weighted by Crippen LogP contribution is -2.38. The summed E-state index contributed by atoms with van der Waals surface area (Å²) in [5.41, 5.74) is -1.78. The van der Waals surface area contributed by atoms with E-state index in [1.54, 1.807) is 6.92 Å². The van der Waals surface area contributed by atoms with E-state index >= 15 is 0 Å². The number of rotatable bonds is 6. The summed E-state index contributed by atoms with van der Waals surface area (Å²) < 4.78 is 31.9. The van der Waals surface area contributed by atoms with Crippen LogP contribution in [-0.2, 0) is 4.74 Å². The van der Waals surface area contributed by atoms with Crippen LogP contribution in [0, 0.1) is 21.7 Å². The second-order valence-electron chi connectivity index (χ2n) is 4.08. The van der Waals surface area contributed by atoms with E-state index in [9.17, 15) is 23.7 Å². The van der Waals surface area contributed by atoms with E-state index in [0.717, 1.165) is 0 Å². The van der Waals surface area contributed by atoms with E-state index < -0.39 is 39.8 Å². The molecule has 110 valence electrons. The number of ether oxygens (including phenoxy) is 1. The summed E-state index contributed by atoms with van der Waals surface area (Å²) in [6.07, 6.45) is 0.513. The molecule has 0 aromatic heterocycles. The Labute approximate surface area is 113 Å². The van der Waals surface area contributed by atoms with Gasteiger partial charge in [-0.15, -0.1) is 0 Å². The zero-order chi connectivity index (χ0) is 15.3. The molecular formula is C12H14F2N2O4. The SMILES string of the molecule is CCC(COC)NC(=O)c1cc(F)cc([N+](=O)[O-])c1F. The van der Waals surface area contributed by atoms with Gasteiger partial charge in [-0.05, 0) is 12.5 Å². The van der Waals surface area contributed by atoms with E-state index in [4.69, 9.17) is 4.74 Å². The molecule has 1 amide bonds. The quantitative estimate of drug-likeness (QED) is 0.641. The highest BCUT2D eigenvalue weighted by Crippen LogP contribution is 2.22. The van der Waals surface area contributed by atoms with Crippen molar-refractivity contribution in [2.24, 2.45) is 0 Å². The Morgan fingerprint density at radius 3 is 2.65 bits per heavy atom. The van der Waals surface area contributed by atoms with E-state index in [0.29, 0.717) is 18.6 Å². The number of carbonyl (C=O) groups excluding carboxylic acids is 1. The normalized spacial score (nSPS) is 12.0. The van der Waals surface area contributed by atoms with Crippen LogP contribution in [0.5, 0.6) is 0 Å². The zero-order valence-electron chi connectivity index (χ0n) is 11.0. The molecule has 1 aromatic carbocycles. The van der Waals surface area contributed by atoms with Gasteiger partial charge in [-0.3, -0.25) is 14.9 Å². The van der Waals surface area contributed by atoms with Gasteiger partial charge < -0.3 is 10.1 Å². The monoisotopic (exact) mass is 288 g/mol. The Balaban J connectivity index is 3.06. The number of hydrogen-bond donors (Lipinski definition) is 1. The molecule has 20 heavy (non-hydrogen) atoms. The van der Waals surface area contributed by atoms with Crippen LogP contribution in [0.2, 0.25) is 0 Å². The summed E-state index contributed by atoms with van der Waals surface area (Å²) in [5, 5.41) is 13.0. The first-order valence-corrected chi connectivity index (χ1v) is 5.83. The number of carbonyl (C=O) groups is 1. The largest absolute Gasteiger partial charge is 0.383 e. The summed E-state index contributed by atoms with van der Waals surface area (Å²) in [6.45, 7) is 1.97. The van der Waals surface area contributed by atoms with Gasteiger partial charge in [0.15, 0.2) is 0 Å². The van der Waals surface area contributed by atoms with Gasteiger partial charge in [0, 0.05) is 7.11 Å². The van der Waals surface area contributed by atoms with Gasteiger partial charge >= 0.3 is 5.69 Å². The highest BCUT2D eigenvalue weighted by molar-refractivity contribution is 5.95. The van der Waals surface area contributed by atoms with Crippen LogP contribution < -0.4 is 5.32 Å². The Hall–Kier alpha value is -2.09. The average Bonchev–Trinajstić information content (AvgIpc) is 2.39. The number of halogens is 2. The van der Waals surface area contributed by atoms with Crippen LogP contribution in [0.25, 0.3) is 0 Å². The molecular weight excluding hydrogens is 274 g/mol. The molecule has 0 aliphatic heterocycles. The van der Waals surface area contributed by atoms with Crippen LogP contribution in [0.15, 0.2) is 12.1 Å². The molecule has 0 aliphatic rings. The lowest BCUT2D eigenvalue weighted by molar-refractivity contribution is -0.387. The topological polar surface area (TPSA) is 81.5 Å². The van der Waals surface area contributed by atoms with Gasteiger partial charge in [-0.1, -0.05) is 6.92 Å². The number of hydrogen-bond acceptors (Lipinski definition) is 4. The molecule has 0 heterocycles. The molecule has 0 aliphatic carbocycles. The molecule has 1 aromatic rings. The number of nitrogens with zero attached hydrogens (tertiary/aromatic N) is 1. The molecule has 1 rings (SSSR count). The highest BCUT2D eigenvalue weighted by atomic mass is 19.1. The minimum absolute atomic E-state index is 0.196. The second-order valence-corrected chi connectivity index (χ2v) is 4.08. The zero-order valence-corrected chi connectivity index (χ0v) is 11.0. The van der Waals surface area contributed by atoms with Crippen LogP contribution in [0.1, 0.15) is 23.7 Å². The van der Waals surface area contributed by atoms with Crippen molar-refractivity contribution in [3.63, 3.8) is 0 Å². The molecule has 0 saturated carbocycles. The molecule has 1 unspecified atom stereocenters. The van der Waals surface area contributed by atoms with Gasteiger partial charge in [0.25, 0.3) is 5.91 Å². The first-order valence-electron chi connectivity index (χ1n) is 5.83. The van der Waals surface area contributed by atoms with Crippen LogP contribution in [0.3, 0.4) is 0 Å². The lowest BCUT2D eigenvalue weighted by atomic mass is 10.1. The van der Waals surface area contributed by atoms with Crippen molar-refractivity contribution in [2.75, 3.05) is 13.7 Å². The summed E-state index contributed by atoms with van der Waals surface area (Å²) in [6, 6.07) is 0.657. The van der Waals surface area contributed by atoms with Gasteiger partial charge in [0.2, 0.25) is 5.82 Å². The predicted octanol–water partition coefficient (Wildman–Crippen LogP) is 2.03. The van der Waals surface area contributed by atoms with E-state index in [2.05, 4.69) is 5.32 Å². The van der Waals surface area contributed by atoms with Crippen molar-refractivity contribution in [1.29, 1.82) is 0 Å². The number of amides is 1. The number of methoxy groups -OCH3 is 1. The van der Waals surface area contributed by atoms with Crippen molar-refractivity contribution < 1.29 is 23.2 Å². The smallest absolute Gasteiger partial charge is 0.308 e. The Bertz CT molecular complexity index is 522. The number of nitrogens with one attached hydrogen (secondary N) is 1. The molecule has 0 radical (unpaired) electrons. The number of nitro benzene ring substituents is 1. The minimum atomic E-state index is -1.36. The van der Waals surface area contributed by atoms with Crippen molar-refractivity contribution >= 4 is 11.6 Å². The van der Waals surface area contributed by atoms with Gasteiger partial charge in [-0.25, -0.2) is 4.39 Å². The van der Waals surface area contributed by atoms with Gasteiger partial charge in [0.05, 0.1) is 29.2 Å². The second kappa shape index (κ2) is 6.90. The molecule has 1 N–H and O–H groups in total. The maximum Gasteiger partial charge on any atom is 0.308 e. The molecule has 0 spiro atoms. The fourth-order valence-electron chi connectivity index (χ4n) is 1.60. The predicted molar refractivity (Wildman–Crippen MR) is 66.4 cm³/mol. The number of benzene rings is 1. The standard InChI is InChI=1S/C12H14F2N2O4/c1-3-8(6-20-2)15-12(17)9-4-7(13)5-10(11(9)14)16(18)19/h4-5,8H,3,6H2,1-2H3,(H,15,17). The van der Waals surface area contributed by atoms with Crippen molar-refractivity contribution in [3.05, 3.63) is 39.4 Å². The summed E-state index contributed by atoms with van der Waals surface area (Å²) in [4.78, 5) is 21.3. The third-order valence-electron chi connectivity index (χ3n) is 2.66. The van der Waals surface area contributed by atoms with Crippen molar-refractivity contribution in [3.8, 4) is 0 Å². The number of nitro groups is 1. The van der Waals surface area contributed by atoms with Crippen LogP contribution in [-0.4, -0.2) is 30.6 Å². The molecule has 0 bridgehead atoms. The highest BCUT2D eigenvalue weighted by Gasteiger charge is 2.25. The van der Waals surface area contributed by atoms with E-state index in [1.807, 2.05) is 0 Å². The fourth-order valence-corrected chi connectivity index (χ4v) is 1.60. The first kappa shape index (κ1) is 16.0. The molecule has 1 atom stereocenters. The Morgan fingerprint density at radius 1 is 1.50 bits per heavy atom. The summed E-state index contributed by atoms with van der Waals surface area (Å²) in [5.74, 6) is -3.33. The molecule has 6 nitrogen and oxygen atoms in total. The molecule has 0 saturated heterocycles. The Morgan fingerprint density at radius 2 is 2.15 bits per heavy atom. The lowest BCUT2D eigenvalue weighted by Gasteiger charge is -2.16. The van der Waals surface area contributed by atoms with Gasteiger partial charge in [0.1, 0.15) is 5.82 Å². The Kier molecular flexibility index (Phi) is 5.51. The van der Waals surface area contributed by atoms with Crippen LogP contribution >= 0.6 is 0 Å². The summed E-state index contributed by atoms with van der Waals surface area (Å²) >= 11 is 0. The third-order valence-corrected chi connectivity index (χ3v) is 2.66. The molecule has 8 heteroatoms. The maximum atomic E-state index is 13.8.